The zero-order valence-electron chi connectivity index (χ0n) is 24.3. The number of likely N-dealkylation sites (tertiary alicyclic amines) is 1. The van der Waals surface area contributed by atoms with Gasteiger partial charge in [-0.25, -0.2) is 4.39 Å². The molecule has 7 rings (SSSR count). The molecule has 10 heteroatoms. The van der Waals surface area contributed by atoms with E-state index in [-0.39, 0.29) is 47.9 Å². The van der Waals surface area contributed by atoms with Crippen LogP contribution in [0.1, 0.15) is 57.8 Å². The highest BCUT2D eigenvalue weighted by atomic mass is 19.1. The van der Waals surface area contributed by atoms with Gasteiger partial charge < -0.3 is 25.4 Å². The van der Waals surface area contributed by atoms with E-state index in [0.717, 1.165) is 65.1 Å². The minimum Gasteiger partial charge on any atom is -0.379 e. The number of morpholine rings is 2. The number of carbonyl (C=O) groups excluding carboxylic acids is 2. The summed E-state index contributed by atoms with van der Waals surface area (Å²) in [5.74, 6) is 0.230. The summed E-state index contributed by atoms with van der Waals surface area (Å²) < 4.78 is 28.5. The highest BCUT2D eigenvalue weighted by Crippen LogP contribution is 2.50. The zero-order valence-corrected chi connectivity index (χ0v) is 24.3. The number of rotatable bonds is 6. The topological polar surface area (TPSA) is 100 Å². The predicted octanol–water partition coefficient (Wildman–Crippen LogP) is 1.46. The molecule has 0 bridgehead atoms. The van der Waals surface area contributed by atoms with E-state index in [1.807, 2.05) is 6.20 Å². The second-order valence-corrected chi connectivity index (χ2v) is 13.8. The van der Waals surface area contributed by atoms with Crippen LogP contribution in [0.15, 0.2) is 11.8 Å². The van der Waals surface area contributed by atoms with Crippen LogP contribution in [0.5, 0.6) is 0 Å². The number of hydrogen-bond donors (Lipinski definition) is 2. The third-order valence-electron chi connectivity index (χ3n) is 11.4. The monoisotopic (exact) mass is 573 g/mol. The van der Waals surface area contributed by atoms with Gasteiger partial charge in [0.15, 0.2) is 5.78 Å². The Balaban J connectivity index is 1.13. The number of carbonyl (C=O) groups is 2. The van der Waals surface area contributed by atoms with Crippen molar-refractivity contribution in [2.75, 3.05) is 52.5 Å². The van der Waals surface area contributed by atoms with Crippen molar-refractivity contribution in [1.29, 1.82) is 0 Å². The van der Waals surface area contributed by atoms with Crippen molar-refractivity contribution in [3.05, 3.63) is 11.8 Å². The van der Waals surface area contributed by atoms with Gasteiger partial charge in [-0.15, -0.1) is 0 Å². The minimum atomic E-state index is -1.18. The number of nitrogens with one attached hydrogen (secondary N) is 1. The predicted molar refractivity (Wildman–Crippen MR) is 152 cm³/mol. The number of alkyl halides is 1. The van der Waals surface area contributed by atoms with Gasteiger partial charge in [0.05, 0.1) is 49.1 Å². The quantitative estimate of drug-likeness (QED) is 0.364. The van der Waals surface area contributed by atoms with Crippen molar-refractivity contribution in [3.8, 4) is 0 Å². The Kier molecular flexibility index (Phi) is 8.14. The van der Waals surface area contributed by atoms with Gasteiger partial charge in [0.1, 0.15) is 6.17 Å². The molecule has 3 saturated heterocycles. The molecular formula is C31H48FN5O4. The maximum atomic E-state index is 16.1. The first-order chi connectivity index (χ1) is 20.0. The standard InChI is InChI=1S/C31H48FN5O4/c32-24-16-22-27-30(28(24)36-9-6-21(33)17-36)41-26-15-20-5-2-1-4-19(20)14-25(26)37(27)18-23(29(22)38)31(39)34-7-3-8-35-10-12-40-13-11-35/h18-22,24-28,30H,1-17,33H2,(H,34,39)/t19?,20?,21-,22?,24?,25?,26?,27?,28?,30?/m1/s1. The molecule has 9 unspecified atom stereocenters. The fraction of sp³-hybridized carbons (Fsp3) is 0.871. The molecule has 4 aliphatic heterocycles. The number of ketones is 1. The number of halogens is 1. The van der Waals surface area contributed by atoms with E-state index >= 15 is 4.39 Å². The second-order valence-electron chi connectivity index (χ2n) is 13.8. The third kappa shape index (κ3) is 5.37. The summed E-state index contributed by atoms with van der Waals surface area (Å²) in [6.07, 6.45) is 9.18. The lowest BCUT2D eigenvalue weighted by Crippen LogP contribution is -2.73. The summed E-state index contributed by atoms with van der Waals surface area (Å²) in [4.78, 5) is 34.2. The number of fused-ring (bicyclic) bond motifs is 3. The van der Waals surface area contributed by atoms with Crippen LogP contribution < -0.4 is 11.1 Å². The van der Waals surface area contributed by atoms with Gasteiger partial charge in [-0.3, -0.25) is 19.4 Å². The van der Waals surface area contributed by atoms with Gasteiger partial charge >= 0.3 is 0 Å². The Bertz CT molecular complexity index is 1020. The summed E-state index contributed by atoms with van der Waals surface area (Å²) in [6, 6.07) is -0.436. The van der Waals surface area contributed by atoms with Crippen molar-refractivity contribution < 1.29 is 23.5 Å². The maximum Gasteiger partial charge on any atom is 0.256 e. The lowest BCUT2D eigenvalue weighted by molar-refractivity contribution is -0.219. The average Bonchev–Trinajstić information content (AvgIpc) is 3.41. The molecule has 6 fully saturated rings. The van der Waals surface area contributed by atoms with Gasteiger partial charge in [0.25, 0.3) is 5.91 Å². The summed E-state index contributed by atoms with van der Waals surface area (Å²) in [5.41, 5.74) is 6.46. The van der Waals surface area contributed by atoms with Gasteiger partial charge in [-0.05, 0) is 50.5 Å². The van der Waals surface area contributed by atoms with Crippen LogP contribution in [0, 0.1) is 17.8 Å². The van der Waals surface area contributed by atoms with Crippen LogP contribution in [0.3, 0.4) is 0 Å². The highest BCUT2D eigenvalue weighted by molar-refractivity contribution is 6.20. The summed E-state index contributed by atoms with van der Waals surface area (Å²) >= 11 is 0. The summed E-state index contributed by atoms with van der Waals surface area (Å²) in [6.45, 7) is 6.18. The molecule has 3 aliphatic carbocycles. The first-order valence-corrected chi connectivity index (χ1v) is 16.4. The number of hydrogen-bond acceptors (Lipinski definition) is 8. The largest absolute Gasteiger partial charge is 0.379 e. The molecule has 0 radical (unpaired) electrons. The van der Waals surface area contributed by atoms with E-state index < -0.39 is 24.2 Å². The van der Waals surface area contributed by atoms with Crippen molar-refractivity contribution in [2.45, 2.75) is 100 Å². The van der Waals surface area contributed by atoms with Crippen molar-refractivity contribution >= 4 is 11.7 Å². The Morgan fingerprint density at radius 1 is 1.05 bits per heavy atom. The van der Waals surface area contributed by atoms with Crippen LogP contribution in [0.4, 0.5) is 4.39 Å². The van der Waals surface area contributed by atoms with E-state index in [1.165, 1.54) is 25.7 Å². The van der Waals surface area contributed by atoms with Crippen molar-refractivity contribution in [1.82, 2.24) is 20.0 Å². The van der Waals surface area contributed by atoms with Crippen molar-refractivity contribution in [2.24, 2.45) is 23.5 Å². The molecule has 0 aromatic rings. The normalized spacial score (nSPS) is 43.1. The smallest absolute Gasteiger partial charge is 0.256 e. The molecule has 228 valence electrons. The molecule has 4 heterocycles. The number of nitrogens with two attached hydrogens (primary N) is 1. The van der Waals surface area contributed by atoms with Crippen LogP contribution in [0.25, 0.3) is 0 Å². The number of amides is 1. The molecule has 1 amide bonds. The Labute approximate surface area is 243 Å². The number of ether oxygens (including phenoxy) is 2. The first-order valence-electron chi connectivity index (χ1n) is 16.4. The van der Waals surface area contributed by atoms with Crippen LogP contribution in [-0.2, 0) is 19.1 Å². The average molecular weight is 574 g/mol. The number of nitrogens with zero attached hydrogens (tertiary/aromatic N) is 3. The Hall–Kier alpha value is -1.59. The van der Waals surface area contributed by atoms with E-state index in [0.29, 0.717) is 24.9 Å². The van der Waals surface area contributed by atoms with Gasteiger partial charge in [0.2, 0.25) is 0 Å². The van der Waals surface area contributed by atoms with Gasteiger partial charge in [-0.2, -0.15) is 0 Å². The molecule has 10 atom stereocenters. The fourth-order valence-corrected chi connectivity index (χ4v) is 9.38. The first kappa shape index (κ1) is 28.2. The maximum absolute atomic E-state index is 16.1. The minimum absolute atomic E-state index is 0.00242. The fourth-order valence-electron chi connectivity index (χ4n) is 9.38. The SMILES string of the molecule is N[C@@H]1CCN(C2C(F)CC3C(=O)C(C(=O)NCCCN4CCOCC4)=CN4C5CC6CCCCC6CC5OC2C34)C1. The molecule has 7 aliphatic rings. The van der Waals surface area contributed by atoms with E-state index in [1.54, 1.807) is 0 Å². The summed E-state index contributed by atoms with van der Waals surface area (Å²) in [5, 5.41) is 3.02. The molecule has 0 aromatic heterocycles. The van der Waals surface area contributed by atoms with E-state index in [4.69, 9.17) is 15.2 Å². The van der Waals surface area contributed by atoms with Crippen LogP contribution in [0.2, 0.25) is 0 Å². The highest BCUT2D eigenvalue weighted by Gasteiger charge is 2.60. The molecular weight excluding hydrogens is 525 g/mol. The lowest BCUT2D eigenvalue weighted by Gasteiger charge is -2.61. The van der Waals surface area contributed by atoms with Crippen LogP contribution in [-0.4, -0.2) is 121 Å². The molecule has 0 aromatic carbocycles. The van der Waals surface area contributed by atoms with Gasteiger partial charge in [-0.1, -0.05) is 25.7 Å². The molecule has 0 spiro atoms. The van der Waals surface area contributed by atoms with Gasteiger partial charge in [0, 0.05) is 50.9 Å². The molecule has 9 nitrogen and oxygen atoms in total. The van der Waals surface area contributed by atoms with Crippen LogP contribution >= 0.6 is 0 Å². The Morgan fingerprint density at radius 3 is 2.59 bits per heavy atom. The van der Waals surface area contributed by atoms with E-state index in [2.05, 4.69) is 20.0 Å². The zero-order chi connectivity index (χ0) is 28.1. The third-order valence-corrected chi connectivity index (χ3v) is 11.4. The molecule has 3 saturated carbocycles. The lowest BCUT2D eigenvalue weighted by atomic mass is 9.64. The summed E-state index contributed by atoms with van der Waals surface area (Å²) in [7, 11) is 0. The molecule has 3 N–H and O–H groups in total. The molecule has 41 heavy (non-hydrogen) atoms. The van der Waals surface area contributed by atoms with Crippen molar-refractivity contribution in [3.63, 3.8) is 0 Å². The number of Topliss-reactive ketones (excluding diaryl/α,β-unsaturated/α-hetero) is 1. The second kappa shape index (κ2) is 11.8. The Morgan fingerprint density at radius 2 is 1.83 bits per heavy atom. The van der Waals surface area contributed by atoms with E-state index in [9.17, 15) is 9.59 Å².